The average Bonchev–Trinajstić information content (AvgIpc) is 2.39. The van der Waals surface area contributed by atoms with Gasteiger partial charge in [0.25, 0.3) is 5.91 Å². The number of anilines is 1. The summed E-state index contributed by atoms with van der Waals surface area (Å²) in [4.78, 5) is 14.2. The Morgan fingerprint density at radius 1 is 1.63 bits per heavy atom. The summed E-state index contributed by atoms with van der Waals surface area (Å²) in [5.41, 5.74) is 6.90. The minimum Gasteiger partial charge on any atom is -0.398 e. The first-order valence-corrected chi connectivity index (χ1v) is 6.99. The van der Waals surface area contributed by atoms with Gasteiger partial charge in [-0.15, -0.1) is 0 Å². The van der Waals surface area contributed by atoms with Gasteiger partial charge >= 0.3 is 0 Å². The molecule has 0 radical (unpaired) electrons. The second-order valence-corrected chi connectivity index (χ2v) is 5.56. The zero-order valence-electron chi connectivity index (χ0n) is 10.9. The van der Waals surface area contributed by atoms with Gasteiger partial charge in [0.05, 0.1) is 12.7 Å². The van der Waals surface area contributed by atoms with Gasteiger partial charge in [-0.3, -0.25) is 4.79 Å². The van der Waals surface area contributed by atoms with Crippen molar-refractivity contribution in [3.8, 4) is 0 Å². The number of nitrogens with one attached hydrogen (secondary N) is 1. The fraction of sp³-hybridized carbons (Fsp3) is 0.462. The van der Waals surface area contributed by atoms with Crippen molar-refractivity contribution in [1.29, 1.82) is 0 Å². The number of halogens is 1. The Balaban J connectivity index is 1.88. The summed E-state index contributed by atoms with van der Waals surface area (Å²) >= 11 is 3.31. The number of carbonyl (C=O) groups is 1. The molecule has 0 spiro atoms. The van der Waals surface area contributed by atoms with E-state index in [-0.39, 0.29) is 12.0 Å². The maximum absolute atomic E-state index is 12.0. The average molecular weight is 328 g/mol. The number of carbonyl (C=O) groups excluding carboxylic acids is 1. The zero-order valence-corrected chi connectivity index (χ0v) is 12.4. The van der Waals surface area contributed by atoms with Crippen LogP contribution in [0.2, 0.25) is 0 Å². The zero-order chi connectivity index (χ0) is 13.8. The van der Waals surface area contributed by atoms with E-state index in [0.717, 1.165) is 17.6 Å². The standard InChI is InChI=1S/C13H18BrN3O2/c1-17-4-5-19-10(8-17)7-16-13(18)9-2-3-12(15)11(14)6-9/h2-3,6,10H,4-5,7-8,15H2,1H3,(H,16,18). The number of nitrogens with zero attached hydrogens (tertiary/aromatic N) is 1. The lowest BCUT2D eigenvalue weighted by Gasteiger charge is -2.30. The maximum atomic E-state index is 12.0. The van der Waals surface area contributed by atoms with Gasteiger partial charge in [-0.25, -0.2) is 0 Å². The van der Waals surface area contributed by atoms with Crippen molar-refractivity contribution in [2.45, 2.75) is 6.10 Å². The second kappa shape index (κ2) is 6.36. The summed E-state index contributed by atoms with van der Waals surface area (Å²) in [6, 6.07) is 5.14. The van der Waals surface area contributed by atoms with Gasteiger partial charge in [0.15, 0.2) is 0 Å². The summed E-state index contributed by atoms with van der Waals surface area (Å²) in [6.07, 6.45) is 0.0555. The molecule has 19 heavy (non-hydrogen) atoms. The van der Waals surface area contributed by atoms with E-state index in [2.05, 4.69) is 33.2 Å². The Morgan fingerprint density at radius 2 is 2.42 bits per heavy atom. The lowest BCUT2D eigenvalue weighted by atomic mass is 10.2. The molecule has 5 nitrogen and oxygen atoms in total. The number of nitrogen functional groups attached to an aromatic ring is 1. The summed E-state index contributed by atoms with van der Waals surface area (Å²) in [7, 11) is 2.05. The minimum atomic E-state index is -0.113. The SMILES string of the molecule is CN1CCOC(CNC(=O)c2ccc(N)c(Br)c2)C1. The molecule has 3 N–H and O–H groups in total. The van der Waals surface area contributed by atoms with Crippen LogP contribution in [-0.4, -0.2) is 50.2 Å². The normalized spacial score (nSPS) is 20.2. The first kappa shape index (κ1) is 14.3. The van der Waals surface area contributed by atoms with E-state index in [1.165, 1.54) is 0 Å². The lowest BCUT2D eigenvalue weighted by Crippen LogP contribution is -2.45. The Bertz CT molecular complexity index is 467. The van der Waals surface area contributed by atoms with Crippen LogP contribution in [0.4, 0.5) is 5.69 Å². The van der Waals surface area contributed by atoms with Gasteiger partial charge in [-0.05, 0) is 41.2 Å². The molecule has 1 fully saturated rings. The van der Waals surface area contributed by atoms with Crippen molar-refractivity contribution in [3.63, 3.8) is 0 Å². The molecule has 0 aliphatic carbocycles. The number of ether oxygens (including phenoxy) is 1. The van der Waals surface area contributed by atoms with Gasteiger partial charge in [0.2, 0.25) is 0 Å². The highest BCUT2D eigenvalue weighted by Crippen LogP contribution is 2.20. The molecule has 0 aromatic heterocycles. The Morgan fingerprint density at radius 3 is 3.11 bits per heavy atom. The molecule has 2 rings (SSSR count). The van der Waals surface area contributed by atoms with Crippen LogP contribution in [0.5, 0.6) is 0 Å². The molecule has 0 bridgehead atoms. The number of likely N-dealkylation sites (N-methyl/N-ethyl adjacent to an activating group) is 1. The summed E-state index contributed by atoms with van der Waals surface area (Å²) < 4.78 is 6.32. The highest BCUT2D eigenvalue weighted by Gasteiger charge is 2.18. The third-order valence-electron chi connectivity index (χ3n) is 3.09. The van der Waals surface area contributed by atoms with Crippen LogP contribution in [0, 0.1) is 0 Å². The van der Waals surface area contributed by atoms with Gasteiger partial charge in [-0.2, -0.15) is 0 Å². The Labute approximate surface area is 121 Å². The van der Waals surface area contributed by atoms with E-state index in [4.69, 9.17) is 10.5 Å². The molecule has 1 aromatic rings. The molecule has 1 amide bonds. The van der Waals surface area contributed by atoms with Crippen molar-refractivity contribution < 1.29 is 9.53 Å². The summed E-state index contributed by atoms with van der Waals surface area (Å²) in [5, 5.41) is 2.88. The van der Waals surface area contributed by atoms with Gasteiger partial charge in [-0.1, -0.05) is 0 Å². The van der Waals surface area contributed by atoms with Gasteiger partial charge in [0.1, 0.15) is 0 Å². The smallest absolute Gasteiger partial charge is 0.251 e. The van der Waals surface area contributed by atoms with E-state index in [9.17, 15) is 4.79 Å². The van der Waals surface area contributed by atoms with Crippen molar-refractivity contribution >= 4 is 27.5 Å². The molecule has 1 unspecified atom stereocenters. The number of morpholine rings is 1. The number of hydrogen-bond acceptors (Lipinski definition) is 4. The predicted octanol–water partition coefficient (Wildman–Crippen LogP) is 1.09. The monoisotopic (exact) mass is 327 g/mol. The molecule has 1 atom stereocenters. The molecule has 6 heteroatoms. The Hall–Kier alpha value is -1.11. The molecular formula is C13H18BrN3O2. The van der Waals surface area contributed by atoms with E-state index in [1.54, 1.807) is 18.2 Å². The predicted molar refractivity (Wildman–Crippen MR) is 78.1 cm³/mol. The van der Waals surface area contributed by atoms with Crippen LogP contribution in [0.15, 0.2) is 22.7 Å². The number of nitrogens with two attached hydrogens (primary N) is 1. The minimum absolute atomic E-state index is 0.0555. The first-order chi connectivity index (χ1) is 9.06. The van der Waals surface area contributed by atoms with Crippen LogP contribution >= 0.6 is 15.9 Å². The quantitative estimate of drug-likeness (QED) is 0.815. The van der Waals surface area contributed by atoms with Crippen molar-refractivity contribution in [3.05, 3.63) is 28.2 Å². The largest absolute Gasteiger partial charge is 0.398 e. The van der Waals surface area contributed by atoms with E-state index >= 15 is 0 Å². The highest BCUT2D eigenvalue weighted by atomic mass is 79.9. The molecular weight excluding hydrogens is 310 g/mol. The first-order valence-electron chi connectivity index (χ1n) is 6.19. The van der Waals surface area contributed by atoms with Crippen LogP contribution in [0.1, 0.15) is 10.4 Å². The molecule has 0 saturated carbocycles. The van der Waals surface area contributed by atoms with E-state index < -0.39 is 0 Å². The van der Waals surface area contributed by atoms with Crippen LogP contribution < -0.4 is 11.1 Å². The van der Waals surface area contributed by atoms with E-state index in [1.807, 2.05) is 0 Å². The topological polar surface area (TPSA) is 67.6 Å². The Kier molecular flexibility index (Phi) is 4.79. The fourth-order valence-electron chi connectivity index (χ4n) is 1.97. The number of benzene rings is 1. The molecule has 1 aliphatic heterocycles. The number of rotatable bonds is 3. The third-order valence-corrected chi connectivity index (χ3v) is 3.78. The van der Waals surface area contributed by atoms with Gasteiger partial charge < -0.3 is 20.7 Å². The third kappa shape index (κ3) is 3.92. The lowest BCUT2D eigenvalue weighted by molar-refractivity contribution is -0.0175. The van der Waals surface area contributed by atoms with Crippen molar-refractivity contribution in [2.75, 3.05) is 39.0 Å². The van der Waals surface area contributed by atoms with Gasteiger partial charge in [0, 0.05) is 35.4 Å². The van der Waals surface area contributed by atoms with E-state index in [0.29, 0.717) is 24.4 Å². The molecule has 1 aliphatic rings. The van der Waals surface area contributed by atoms with Crippen LogP contribution in [-0.2, 0) is 4.74 Å². The van der Waals surface area contributed by atoms with Crippen molar-refractivity contribution in [2.24, 2.45) is 0 Å². The van der Waals surface area contributed by atoms with Crippen LogP contribution in [0.3, 0.4) is 0 Å². The molecule has 104 valence electrons. The second-order valence-electron chi connectivity index (χ2n) is 4.70. The summed E-state index contributed by atoms with van der Waals surface area (Å²) in [5.74, 6) is -0.113. The number of amides is 1. The maximum Gasteiger partial charge on any atom is 0.251 e. The van der Waals surface area contributed by atoms with Crippen LogP contribution in [0.25, 0.3) is 0 Å². The molecule has 1 heterocycles. The fourth-order valence-corrected chi connectivity index (χ4v) is 2.35. The molecule has 1 aromatic carbocycles. The highest BCUT2D eigenvalue weighted by molar-refractivity contribution is 9.10. The summed E-state index contributed by atoms with van der Waals surface area (Å²) in [6.45, 7) is 3.01. The van der Waals surface area contributed by atoms with Crippen molar-refractivity contribution in [1.82, 2.24) is 10.2 Å². The number of hydrogen-bond donors (Lipinski definition) is 2. The molecule has 1 saturated heterocycles.